The molecule has 4 nitrogen and oxygen atoms in total. The van der Waals surface area contributed by atoms with Crippen LogP contribution < -0.4 is 5.32 Å². The molecule has 0 amide bonds. The molecule has 0 aliphatic carbocycles. The lowest BCUT2D eigenvalue weighted by Crippen LogP contribution is -2.56. The van der Waals surface area contributed by atoms with E-state index in [2.05, 4.69) is 5.32 Å². The molecule has 0 radical (unpaired) electrons. The minimum atomic E-state index is 0.203. The Morgan fingerprint density at radius 2 is 2.08 bits per heavy atom. The zero-order chi connectivity index (χ0) is 9.10. The highest BCUT2D eigenvalue weighted by Gasteiger charge is 2.29. The Bertz CT molecular complexity index is 161. The Kier molecular flexibility index (Phi) is 3.16. The van der Waals surface area contributed by atoms with Gasteiger partial charge in [0.15, 0.2) is 0 Å². The van der Waals surface area contributed by atoms with Crippen LogP contribution in [0.15, 0.2) is 0 Å². The summed E-state index contributed by atoms with van der Waals surface area (Å²) >= 11 is 0. The third-order valence-corrected chi connectivity index (χ3v) is 2.69. The predicted octanol–water partition coefficient (Wildman–Crippen LogP) is -0.221. The predicted molar refractivity (Wildman–Crippen MR) is 47.8 cm³/mol. The summed E-state index contributed by atoms with van der Waals surface area (Å²) in [5, 5.41) is 3.53. The smallest absolute Gasteiger partial charge is 0.0958 e. The van der Waals surface area contributed by atoms with E-state index >= 15 is 0 Å². The Labute approximate surface area is 78.5 Å². The van der Waals surface area contributed by atoms with Crippen LogP contribution in [0.3, 0.4) is 0 Å². The lowest BCUT2D eigenvalue weighted by molar-refractivity contribution is -0.0716. The van der Waals surface area contributed by atoms with Crippen LogP contribution in [-0.2, 0) is 14.2 Å². The third-order valence-electron chi connectivity index (χ3n) is 2.69. The van der Waals surface area contributed by atoms with Gasteiger partial charge in [0, 0.05) is 19.8 Å². The minimum Gasteiger partial charge on any atom is -0.379 e. The minimum absolute atomic E-state index is 0.203. The van der Waals surface area contributed by atoms with Gasteiger partial charge in [0.05, 0.1) is 32.0 Å². The second-order valence-electron chi connectivity index (χ2n) is 3.65. The van der Waals surface area contributed by atoms with Crippen molar-refractivity contribution in [1.82, 2.24) is 5.32 Å². The largest absolute Gasteiger partial charge is 0.379 e. The summed E-state index contributed by atoms with van der Waals surface area (Å²) in [4.78, 5) is 0. The maximum absolute atomic E-state index is 5.34. The van der Waals surface area contributed by atoms with Gasteiger partial charge in [0.1, 0.15) is 0 Å². The molecule has 2 aliphatic heterocycles. The monoisotopic (exact) mass is 187 g/mol. The second kappa shape index (κ2) is 4.37. The Hall–Kier alpha value is -0.160. The third kappa shape index (κ3) is 2.20. The molecule has 2 atom stereocenters. The molecule has 0 aromatic rings. The highest BCUT2D eigenvalue weighted by atomic mass is 16.5. The van der Waals surface area contributed by atoms with Crippen LogP contribution in [0.25, 0.3) is 0 Å². The van der Waals surface area contributed by atoms with E-state index in [4.69, 9.17) is 14.2 Å². The summed E-state index contributed by atoms with van der Waals surface area (Å²) in [6.45, 7) is 3.23. The van der Waals surface area contributed by atoms with Crippen LogP contribution in [0.2, 0.25) is 0 Å². The van der Waals surface area contributed by atoms with E-state index in [1.54, 1.807) is 7.11 Å². The van der Waals surface area contributed by atoms with Crippen molar-refractivity contribution in [3.05, 3.63) is 0 Å². The first-order valence-electron chi connectivity index (χ1n) is 4.84. The molecule has 0 aromatic heterocycles. The normalized spacial score (nSPS) is 35.8. The van der Waals surface area contributed by atoms with E-state index in [-0.39, 0.29) is 6.10 Å². The molecule has 2 rings (SSSR count). The van der Waals surface area contributed by atoms with Crippen LogP contribution in [0, 0.1) is 0 Å². The molecule has 0 saturated carbocycles. The molecule has 0 bridgehead atoms. The average Bonchev–Trinajstić information content (AvgIpc) is 2.12. The Morgan fingerprint density at radius 1 is 1.23 bits per heavy atom. The molecule has 1 N–H and O–H groups in total. The molecule has 0 spiro atoms. The first-order valence-corrected chi connectivity index (χ1v) is 4.84. The quantitative estimate of drug-likeness (QED) is 0.663. The molecule has 2 aliphatic rings. The Balaban J connectivity index is 1.79. The number of hydrogen-bond acceptors (Lipinski definition) is 4. The van der Waals surface area contributed by atoms with Crippen molar-refractivity contribution in [1.29, 1.82) is 0 Å². The van der Waals surface area contributed by atoms with Gasteiger partial charge in [0.25, 0.3) is 0 Å². The number of methoxy groups -OCH3 is 1. The van der Waals surface area contributed by atoms with Crippen molar-refractivity contribution in [3.63, 3.8) is 0 Å². The van der Waals surface area contributed by atoms with Crippen LogP contribution in [0.5, 0.6) is 0 Å². The maximum Gasteiger partial charge on any atom is 0.0958 e. The van der Waals surface area contributed by atoms with Gasteiger partial charge < -0.3 is 19.5 Å². The summed E-state index contributed by atoms with van der Waals surface area (Å²) in [5.41, 5.74) is 0. The van der Waals surface area contributed by atoms with E-state index in [1.807, 2.05) is 0 Å². The van der Waals surface area contributed by atoms with Crippen molar-refractivity contribution < 1.29 is 14.2 Å². The maximum atomic E-state index is 5.34. The zero-order valence-corrected chi connectivity index (χ0v) is 7.99. The first kappa shape index (κ1) is 9.40. The van der Waals surface area contributed by atoms with E-state index in [0.29, 0.717) is 18.7 Å². The summed E-state index contributed by atoms with van der Waals surface area (Å²) in [5.74, 6) is 0. The van der Waals surface area contributed by atoms with Gasteiger partial charge in [-0.3, -0.25) is 0 Å². The zero-order valence-electron chi connectivity index (χ0n) is 7.99. The van der Waals surface area contributed by atoms with E-state index in [1.165, 1.54) is 0 Å². The van der Waals surface area contributed by atoms with Gasteiger partial charge in [-0.2, -0.15) is 0 Å². The van der Waals surface area contributed by atoms with Gasteiger partial charge >= 0.3 is 0 Å². The van der Waals surface area contributed by atoms with Gasteiger partial charge in [-0.15, -0.1) is 0 Å². The molecular weight excluding hydrogens is 170 g/mol. The second-order valence-corrected chi connectivity index (χ2v) is 3.65. The molecule has 2 fully saturated rings. The van der Waals surface area contributed by atoms with Gasteiger partial charge in [0.2, 0.25) is 0 Å². The summed E-state index contributed by atoms with van der Waals surface area (Å²) in [6, 6.07) is 0.966. The molecular formula is C9H17NO3. The summed E-state index contributed by atoms with van der Waals surface area (Å²) < 4.78 is 15.8. The van der Waals surface area contributed by atoms with E-state index in [9.17, 15) is 0 Å². The average molecular weight is 187 g/mol. The number of ether oxygens (including phenoxy) is 3. The van der Waals surface area contributed by atoms with E-state index < -0.39 is 0 Å². The van der Waals surface area contributed by atoms with Crippen molar-refractivity contribution in [2.24, 2.45) is 0 Å². The van der Waals surface area contributed by atoms with Crippen LogP contribution in [0.4, 0.5) is 0 Å². The fourth-order valence-electron chi connectivity index (χ4n) is 1.77. The summed E-state index contributed by atoms with van der Waals surface area (Å²) in [7, 11) is 1.74. The first-order chi connectivity index (χ1) is 6.40. The number of rotatable bonds is 3. The van der Waals surface area contributed by atoms with Crippen molar-refractivity contribution >= 4 is 0 Å². The van der Waals surface area contributed by atoms with E-state index in [0.717, 1.165) is 26.2 Å². The topological polar surface area (TPSA) is 39.7 Å². The van der Waals surface area contributed by atoms with Crippen LogP contribution in [-0.4, -0.2) is 51.7 Å². The molecule has 4 heteroatoms. The SMILES string of the molecule is COC1COCCC1NC1COC1. The standard InChI is InChI=1S/C9H17NO3/c1-11-9-6-12-3-2-8(9)10-7-4-13-5-7/h7-10H,2-6H2,1H3. The molecule has 2 saturated heterocycles. The lowest BCUT2D eigenvalue weighted by Gasteiger charge is -2.37. The lowest BCUT2D eigenvalue weighted by atomic mass is 10.0. The number of hydrogen-bond donors (Lipinski definition) is 1. The Morgan fingerprint density at radius 3 is 2.69 bits per heavy atom. The van der Waals surface area contributed by atoms with Crippen molar-refractivity contribution in [3.8, 4) is 0 Å². The molecule has 2 unspecified atom stereocenters. The molecule has 0 aromatic carbocycles. The fraction of sp³-hybridized carbons (Fsp3) is 1.00. The fourth-order valence-corrected chi connectivity index (χ4v) is 1.77. The van der Waals surface area contributed by atoms with Crippen molar-refractivity contribution in [2.75, 3.05) is 33.5 Å². The summed E-state index contributed by atoms with van der Waals surface area (Å²) in [6.07, 6.45) is 1.24. The van der Waals surface area contributed by atoms with Crippen LogP contribution in [0.1, 0.15) is 6.42 Å². The highest BCUT2D eigenvalue weighted by molar-refractivity contribution is 4.85. The highest BCUT2D eigenvalue weighted by Crippen LogP contribution is 2.13. The van der Waals surface area contributed by atoms with Gasteiger partial charge in [-0.05, 0) is 6.42 Å². The molecule has 2 heterocycles. The van der Waals surface area contributed by atoms with Crippen LogP contribution >= 0.6 is 0 Å². The number of nitrogens with one attached hydrogen (secondary N) is 1. The van der Waals surface area contributed by atoms with Gasteiger partial charge in [-0.25, -0.2) is 0 Å². The van der Waals surface area contributed by atoms with Gasteiger partial charge in [-0.1, -0.05) is 0 Å². The molecule has 76 valence electrons. The molecule has 13 heavy (non-hydrogen) atoms. The van der Waals surface area contributed by atoms with Crippen molar-refractivity contribution in [2.45, 2.75) is 24.6 Å².